The lowest BCUT2D eigenvalue weighted by atomic mass is 10.2. The number of nitrogens with zero attached hydrogens (tertiary/aromatic N) is 4. The molecule has 0 spiro atoms. The Morgan fingerprint density at radius 3 is 2.74 bits per heavy atom. The molecule has 4 rings (SSSR count). The molecular formula is C22H22N6O3. The Labute approximate surface area is 178 Å². The number of carbonyl (C=O) groups is 1. The van der Waals surface area contributed by atoms with Gasteiger partial charge in [-0.1, -0.05) is 24.3 Å². The average Bonchev–Trinajstić information content (AvgIpc) is 3.04. The number of phenols is 1. The van der Waals surface area contributed by atoms with E-state index in [1.807, 2.05) is 24.3 Å². The Hall–Kier alpha value is -3.98. The molecule has 0 aliphatic rings. The second-order valence-electron chi connectivity index (χ2n) is 6.90. The second-order valence-corrected chi connectivity index (χ2v) is 6.90. The van der Waals surface area contributed by atoms with Crippen molar-refractivity contribution >= 4 is 40.1 Å². The molecule has 158 valence electrons. The first-order chi connectivity index (χ1) is 15.1. The molecule has 0 unspecified atom stereocenters. The van der Waals surface area contributed by atoms with Crippen LogP contribution < -0.4 is 11.1 Å². The largest absolute Gasteiger partial charge is 0.508 e. The first-order valence-electron chi connectivity index (χ1n) is 9.75. The molecule has 2 aromatic carbocycles. The van der Waals surface area contributed by atoms with Gasteiger partial charge in [0.1, 0.15) is 22.6 Å². The van der Waals surface area contributed by atoms with Crippen molar-refractivity contribution in [3.8, 4) is 5.75 Å². The fourth-order valence-corrected chi connectivity index (χ4v) is 3.22. The molecule has 0 aliphatic heterocycles. The third-order valence-electron chi connectivity index (χ3n) is 4.70. The van der Waals surface area contributed by atoms with E-state index in [1.165, 1.54) is 10.9 Å². The van der Waals surface area contributed by atoms with E-state index in [0.29, 0.717) is 47.3 Å². The number of nitrogens with two attached hydrogens (primary N) is 1. The molecule has 0 bridgehead atoms. The quantitative estimate of drug-likeness (QED) is 0.313. The Balaban J connectivity index is 1.81. The van der Waals surface area contributed by atoms with E-state index in [1.54, 1.807) is 31.4 Å². The number of ether oxygens (including phenoxy) is 1. The van der Waals surface area contributed by atoms with Gasteiger partial charge in [0.25, 0.3) is 5.91 Å². The molecule has 1 amide bonds. The molecule has 9 nitrogen and oxygen atoms in total. The zero-order valence-corrected chi connectivity index (χ0v) is 16.9. The molecule has 2 aromatic heterocycles. The van der Waals surface area contributed by atoms with Gasteiger partial charge >= 0.3 is 0 Å². The van der Waals surface area contributed by atoms with Crippen LogP contribution in [0, 0.1) is 0 Å². The van der Waals surface area contributed by atoms with Crippen LogP contribution in [-0.2, 0) is 4.74 Å². The average molecular weight is 418 g/mol. The molecule has 9 heteroatoms. The third-order valence-corrected chi connectivity index (χ3v) is 4.70. The summed E-state index contributed by atoms with van der Waals surface area (Å²) < 4.78 is 6.41. The molecule has 4 aromatic rings. The van der Waals surface area contributed by atoms with Gasteiger partial charge in [-0.15, -0.1) is 0 Å². The lowest BCUT2D eigenvalue weighted by Crippen LogP contribution is -2.26. The van der Waals surface area contributed by atoms with Gasteiger partial charge in [0.2, 0.25) is 0 Å². The number of para-hydroxylation sites is 2. The number of anilines is 1. The topological polar surface area (TPSA) is 128 Å². The molecular weight excluding hydrogens is 396 g/mol. The standard InChI is InChI=1S/C22H22N6O3/c1-31-11-5-10-24-22(30)18-19-21(27-17-9-3-2-8-16(17)26-19)28(20(18)23)25-13-14-6-4-7-15(29)12-14/h2-4,6-9,12-13,29H,5,10-11,23H2,1H3,(H,24,30). The number of aromatic nitrogens is 3. The number of aromatic hydroxyl groups is 1. The zero-order valence-electron chi connectivity index (χ0n) is 16.9. The fraction of sp³-hybridized carbons (Fsp3) is 0.182. The molecule has 2 heterocycles. The number of benzene rings is 2. The summed E-state index contributed by atoms with van der Waals surface area (Å²) in [4.78, 5) is 22.2. The highest BCUT2D eigenvalue weighted by atomic mass is 16.5. The smallest absolute Gasteiger partial charge is 0.257 e. The highest BCUT2D eigenvalue weighted by molar-refractivity contribution is 6.10. The number of fused-ring (bicyclic) bond motifs is 2. The van der Waals surface area contributed by atoms with Gasteiger partial charge in [-0.25, -0.2) is 9.97 Å². The summed E-state index contributed by atoms with van der Waals surface area (Å²) in [5.74, 6) is -0.100. The Morgan fingerprint density at radius 2 is 2.00 bits per heavy atom. The van der Waals surface area contributed by atoms with Crippen LogP contribution in [0.5, 0.6) is 5.75 Å². The van der Waals surface area contributed by atoms with Crippen LogP contribution in [-0.4, -0.2) is 52.1 Å². The molecule has 0 atom stereocenters. The summed E-state index contributed by atoms with van der Waals surface area (Å²) in [6, 6.07) is 14.0. The van der Waals surface area contributed by atoms with Gasteiger partial charge in [0, 0.05) is 20.3 Å². The van der Waals surface area contributed by atoms with Gasteiger partial charge in [-0.3, -0.25) is 4.79 Å². The van der Waals surface area contributed by atoms with Crippen molar-refractivity contribution < 1.29 is 14.6 Å². The normalized spacial score (nSPS) is 11.5. The van der Waals surface area contributed by atoms with Crippen molar-refractivity contribution in [3.05, 3.63) is 59.7 Å². The number of nitrogens with one attached hydrogen (secondary N) is 1. The molecule has 0 saturated heterocycles. The van der Waals surface area contributed by atoms with E-state index >= 15 is 0 Å². The van der Waals surface area contributed by atoms with Gasteiger partial charge in [-0.2, -0.15) is 9.78 Å². The van der Waals surface area contributed by atoms with Gasteiger partial charge in [0.15, 0.2) is 5.65 Å². The van der Waals surface area contributed by atoms with Crippen LogP contribution in [0.25, 0.3) is 22.2 Å². The number of hydrogen-bond acceptors (Lipinski definition) is 7. The molecule has 0 aliphatic carbocycles. The summed E-state index contributed by atoms with van der Waals surface area (Å²) in [6.45, 7) is 0.975. The number of carbonyl (C=O) groups excluding carboxylic acids is 1. The van der Waals surface area contributed by atoms with E-state index in [0.717, 1.165) is 0 Å². The molecule has 4 N–H and O–H groups in total. The Kier molecular flexibility index (Phi) is 5.76. The number of hydrogen-bond donors (Lipinski definition) is 3. The Bertz CT molecular complexity index is 1280. The zero-order chi connectivity index (χ0) is 21.8. The van der Waals surface area contributed by atoms with E-state index < -0.39 is 0 Å². The monoisotopic (exact) mass is 418 g/mol. The lowest BCUT2D eigenvalue weighted by Gasteiger charge is -2.05. The van der Waals surface area contributed by atoms with E-state index in [4.69, 9.17) is 10.5 Å². The maximum atomic E-state index is 12.9. The molecule has 0 radical (unpaired) electrons. The van der Waals surface area contributed by atoms with E-state index in [9.17, 15) is 9.90 Å². The minimum absolute atomic E-state index is 0.121. The summed E-state index contributed by atoms with van der Waals surface area (Å²) >= 11 is 0. The third kappa shape index (κ3) is 4.17. The highest BCUT2D eigenvalue weighted by Crippen LogP contribution is 2.27. The van der Waals surface area contributed by atoms with Crippen LogP contribution in [0.4, 0.5) is 5.82 Å². The van der Waals surface area contributed by atoms with Crippen molar-refractivity contribution in [2.24, 2.45) is 5.10 Å². The summed E-state index contributed by atoms with van der Waals surface area (Å²) in [6.07, 6.45) is 2.21. The molecule has 0 saturated carbocycles. The number of nitrogen functional groups attached to an aromatic ring is 1. The van der Waals surface area contributed by atoms with Gasteiger partial charge < -0.3 is 20.9 Å². The van der Waals surface area contributed by atoms with Crippen molar-refractivity contribution in [2.75, 3.05) is 26.0 Å². The van der Waals surface area contributed by atoms with Crippen LogP contribution in [0.15, 0.2) is 53.6 Å². The predicted octanol–water partition coefficient (Wildman–Crippen LogP) is 2.52. The van der Waals surface area contributed by atoms with Crippen molar-refractivity contribution in [3.63, 3.8) is 0 Å². The van der Waals surface area contributed by atoms with Crippen LogP contribution >= 0.6 is 0 Å². The van der Waals surface area contributed by atoms with Crippen LogP contribution in [0.2, 0.25) is 0 Å². The van der Waals surface area contributed by atoms with Crippen LogP contribution in [0.1, 0.15) is 22.3 Å². The summed E-state index contributed by atoms with van der Waals surface area (Å²) in [7, 11) is 1.61. The number of phenolic OH excluding ortho intramolecular Hbond substituents is 1. The lowest BCUT2D eigenvalue weighted by molar-refractivity contribution is 0.0951. The maximum Gasteiger partial charge on any atom is 0.257 e. The minimum atomic E-state index is -0.352. The first-order valence-corrected chi connectivity index (χ1v) is 9.75. The Morgan fingerprint density at radius 1 is 1.23 bits per heavy atom. The number of rotatable bonds is 7. The first kappa shape index (κ1) is 20.3. The molecule has 31 heavy (non-hydrogen) atoms. The van der Waals surface area contributed by atoms with Crippen molar-refractivity contribution in [1.29, 1.82) is 0 Å². The summed E-state index contributed by atoms with van der Waals surface area (Å²) in [5, 5.41) is 16.9. The minimum Gasteiger partial charge on any atom is -0.508 e. The predicted molar refractivity (Wildman–Crippen MR) is 119 cm³/mol. The van der Waals surface area contributed by atoms with E-state index in [-0.39, 0.29) is 23.0 Å². The number of methoxy groups -OCH3 is 1. The SMILES string of the molecule is COCCCNC(=O)c1c(N)n(N=Cc2cccc(O)c2)c2nc3ccccc3nc12. The fourth-order valence-electron chi connectivity index (χ4n) is 3.22. The van der Waals surface area contributed by atoms with Crippen molar-refractivity contribution in [1.82, 2.24) is 20.0 Å². The summed E-state index contributed by atoms with van der Waals surface area (Å²) in [5.41, 5.74) is 9.28. The van der Waals surface area contributed by atoms with Gasteiger partial charge in [0.05, 0.1) is 17.2 Å². The van der Waals surface area contributed by atoms with Gasteiger partial charge in [-0.05, 0) is 36.2 Å². The van der Waals surface area contributed by atoms with E-state index in [2.05, 4.69) is 20.4 Å². The highest BCUT2D eigenvalue weighted by Gasteiger charge is 2.23. The van der Waals surface area contributed by atoms with Crippen LogP contribution in [0.3, 0.4) is 0 Å². The molecule has 0 fully saturated rings. The maximum absolute atomic E-state index is 12.9. The second kappa shape index (κ2) is 8.80. The van der Waals surface area contributed by atoms with Crippen molar-refractivity contribution in [2.45, 2.75) is 6.42 Å². The number of amides is 1.